The Morgan fingerprint density at radius 1 is 1.13 bits per heavy atom. The Kier molecular flexibility index (Phi) is 6.22. The Balaban J connectivity index is 2.17. The van der Waals surface area contributed by atoms with E-state index in [1.54, 1.807) is 19.1 Å². The van der Waals surface area contributed by atoms with Crippen molar-refractivity contribution in [2.24, 2.45) is 0 Å². The van der Waals surface area contributed by atoms with Crippen molar-refractivity contribution < 1.29 is 18.7 Å². The highest BCUT2D eigenvalue weighted by atomic mass is 35.5. The van der Waals surface area contributed by atoms with Crippen LogP contribution in [0.4, 0.5) is 0 Å². The lowest BCUT2D eigenvalue weighted by molar-refractivity contribution is -0.145. The predicted molar refractivity (Wildman–Crippen MR) is 118 cm³/mol. The van der Waals surface area contributed by atoms with Crippen LogP contribution >= 0.6 is 11.6 Å². The van der Waals surface area contributed by atoms with Gasteiger partial charge in [-0.25, -0.2) is 4.79 Å². The van der Waals surface area contributed by atoms with Gasteiger partial charge in [-0.3, -0.25) is 4.79 Å². The van der Waals surface area contributed by atoms with Gasteiger partial charge in [0.05, 0.1) is 12.0 Å². The lowest BCUT2D eigenvalue weighted by Crippen LogP contribution is -2.19. The van der Waals surface area contributed by atoms with Crippen LogP contribution in [0.3, 0.4) is 0 Å². The van der Waals surface area contributed by atoms with Crippen LogP contribution in [0.25, 0.3) is 22.3 Å². The molecule has 2 aromatic carbocycles. The van der Waals surface area contributed by atoms with Crippen molar-refractivity contribution >= 4 is 28.5 Å². The molecule has 158 valence electrons. The van der Waals surface area contributed by atoms with Crippen molar-refractivity contribution in [2.75, 3.05) is 13.2 Å². The van der Waals surface area contributed by atoms with Crippen molar-refractivity contribution in [3.8, 4) is 17.1 Å². The van der Waals surface area contributed by atoms with Gasteiger partial charge in [-0.05, 0) is 42.5 Å². The van der Waals surface area contributed by atoms with E-state index >= 15 is 0 Å². The van der Waals surface area contributed by atoms with Gasteiger partial charge in [-0.1, -0.05) is 56.6 Å². The van der Waals surface area contributed by atoms with E-state index in [0.29, 0.717) is 21.6 Å². The van der Waals surface area contributed by atoms with E-state index in [4.69, 9.17) is 25.5 Å². The molecule has 0 atom stereocenters. The van der Waals surface area contributed by atoms with Crippen LogP contribution in [-0.2, 0) is 14.9 Å². The van der Waals surface area contributed by atoms with Crippen molar-refractivity contribution in [3.05, 3.63) is 62.8 Å². The Morgan fingerprint density at radius 2 is 1.80 bits per heavy atom. The molecule has 0 radical (unpaired) electrons. The van der Waals surface area contributed by atoms with Crippen LogP contribution in [-0.4, -0.2) is 19.2 Å². The molecule has 0 saturated carbocycles. The minimum Gasteiger partial charge on any atom is -0.474 e. The average Bonchev–Trinajstić information content (AvgIpc) is 2.68. The third-order valence-electron chi connectivity index (χ3n) is 4.78. The molecule has 0 saturated heterocycles. The van der Waals surface area contributed by atoms with Gasteiger partial charge < -0.3 is 13.9 Å². The fraction of sp³-hybridized carbons (Fsp3) is 0.333. The second kappa shape index (κ2) is 8.52. The van der Waals surface area contributed by atoms with Crippen LogP contribution in [0.15, 0.2) is 45.6 Å². The van der Waals surface area contributed by atoms with Crippen LogP contribution < -0.4 is 10.2 Å². The molecule has 0 bridgehead atoms. The first kappa shape index (κ1) is 21.9. The van der Waals surface area contributed by atoms with Gasteiger partial charge >= 0.3 is 5.97 Å². The van der Waals surface area contributed by atoms with E-state index in [2.05, 4.69) is 20.8 Å². The fourth-order valence-corrected chi connectivity index (χ4v) is 3.24. The SMILES string of the molecule is CCOC(=O)COc1c(-c2ccc(C(C)(C)C)cc2)oc2cc(C)c(Cl)cc2c1=O. The number of carbonyl (C=O) groups excluding carboxylic acids is 1. The fourth-order valence-electron chi connectivity index (χ4n) is 3.08. The third-order valence-corrected chi connectivity index (χ3v) is 5.19. The van der Waals surface area contributed by atoms with Crippen molar-refractivity contribution in [2.45, 2.75) is 40.0 Å². The minimum absolute atomic E-state index is 0.0140. The molecular weight excluding hydrogens is 404 g/mol. The molecule has 0 amide bonds. The molecule has 1 heterocycles. The van der Waals surface area contributed by atoms with E-state index in [1.807, 2.05) is 31.2 Å². The summed E-state index contributed by atoms with van der Waals surface area (Å²) in [5, 5.41) is 0.743. The number of fused-ring (bicyclic) bond motifs is 1. The van der Waals surface area contributed by atoms with Gasteiger partial charge in [-0.2, -0.15) is 0 Å². The summed E-state index contributed by atoms with van der Waals surface area (Å²) in [6.07, 6.45) is 0. The maximum atomic E-state index is 13.2. The van der Waals surface area contributed by atoms with Crippen LogP contribution in [0.2, 0.25) is 5.02 Å². The highest BCUT2D eigenvalue weighted by molar-refractivity contribution is 6.32. The molecule has 1 aromatic heterocycles. The summed E-state index contributed by atoms with van der Waals surface area (Å²) in [5.41, 5.74) is 2.61. The summed E-state index contributed by atoms with van der Waals surface area (Å²) >= 11 is 6.20. The Bertz CT molecular complexity index is 1140. The Labute approximate surface area is 180 Å². The second-order valence-corrected chi connectivity index (χ2v) is 8.52. The van der Waals surface area contributed by atoms with E-state index in [0.717, 1.165) is 11.1 Å². The largest absolute Gasteiger partial charge is 0.474 e. The second-order valence-electron chi connectivity index (χ2n) is 8.11. The zero-order valence-corrected chi connectivity index (χ0v) is 18.6. The standard InChI is InChI=1S/C24H25ClO5/c1-6-28-20(26)13-29-23-21(27)17-12-18(25)14(2)11-19(17)30-22(23)15-7-9-16(10-8-15)24(3,4)5/h7-12H,6,13H2,1-5H3. The highest BCUT2D eigenvalue weighted by Gasteiger charge is 2.21. The molecule has 30 heavy (non-hydrogen) atoms. The van der Waals surface area contributed by atoms with Crippen molar-refractivity contribution in [3.63, 3.8) is 0 Å². The first-order valence-corrected chi connectivity index (χ1v) is 10.2. The topological polar surface area (TPSA) is 65.7 Å². The number of benzene rings is 2. The van der Waals surface area contributed by atoms with Gasteiger partial charge in [0.1, 0.15) is 5.58 Å². The molecule has 0 aliphatic rings. The van der Waals surface area contributed by atoms with Gasteiger partial charge in [0, 0.05) is 10.6 Å². The predicted octanol–water partition coefficient (Wildman–Crippen LogP) is 5.66. The highest BCUT2D eigenvalue weighted by Crippen LogP contribution is 2.34. The third kappa shape index (κ3) is 4.51. The maximum Gasteiger partial charge on any atom is 0.344 e. The summed E-state index contributed by atoms with van der Waals surface area (Å²) in [4.78, 5) is 25.0. The number of aryl methyl sites for hydroxylation is 1. The van der Waals surface area contributed by atoms with E-state index in [-0.39, 0.29) is 23.5 Å². The molecule has 3 aromatic rings. The maximum absolute atomic E-state index is 13.2. The normalized spacial score (nSPS) is 11.5. The van der Waals surface area contributed by atoms with Crippen molar-refractivity contribution in [1.29, 1.82) is 0 Å². The summed E-state index contributed by atoms with van der Waals surface area (Å²) in [7, 11) is 0. The Hall–Kier alpha value is -2.79. The van der Waals surface area contributed by atoms with Gasteiger partial charge in [0.25, 0.3) is 0 Å². The molecule has 3 rings (SSSR count). The minimum atomic E-state index is -0.562. The van der Waals surface area contributed by atoms with Crippen LogP contribution in [0, 0.1) is 6.92 Å². The molecule has 0 spiro atoms. The molecular formula is C24H25ClO5. The van der Waals surface area contributed by atoms with Crippen LogP contribution in [0.1, 0.15) is 38.8 Å². The number of hydrogen-bond acceptors (Lipinski definition) is 5. The van der Waals surface area contributed by atoms with Crippen molar-refractivity contribution in [1.82, 2.24) is 0 Å². The average molecular weight is 429 g/mol. The quantitative estimate of drug-likeness (QED) is 0.490. The van der Waals surface area contributed by atoms with E-state index in [1.165, 1.54) is 0 Å². The zero-order chi connectivity index (χ0) is 22.1. The molecule has 0 N–H and O–H groups in total. The molecule has 6 heteroatoms. The number of esters is 1. The summed E-state index contributed by atoms with van der Waals surface area (Å²) < 4.78 is 16.6. The first-order chi connectivity index (χ1) is 14.1. The van der Waals surface area contributed by atoms with E-state index < -0.39 is 18.0 Å². The molecule has 0 unspecified atom stereocenters. The number of ether oxygens (including phenoxy) is 2. The number of rotatable bonds is 5. The Morgan fingerprint density at radius 3 is 2.40 bits per heavy atom. The molecule has 5 nitrogen and oxygen atoms in total. The summed E-state index contributed by atoms with van der Waals surface area (Å²) in [5.74, 6) is -0.342. The number of halogens is 1. The van der Waals surface area contributed by atoms with Gasteiger partial charge in [0.2, 0.25) is 11.2 Å². The molecule has 0 fully saturated rings. The lowest BCUT2D eigenvalue weighted by atomic mass is 9.86. The van der Waals surface area contributed by atoms with Crippen LogP contribution in [0.5, 0.6) is 5.75 Å². The lowest BCUT2D eigenvalue weighted by Gasteiger charge is -2.19. The monoisotopic (exact) mass is 428 g/mol. The van der Waals surface area contributed by atoms with E-state index in [9.17, 15) is 9.59 Å². The van der Waals surface area contributed by atoms with Gasteiger partial charge in [0.15, 0.2) is 12.4 Å². The smallest absolute Gasteiger partial charge is 0.344 e. The molecule has 0 aliphatic heterocycles. The molecule has 0 aliphatic carbocycles. The summed E-state index contributed by atoms with van der Waals surface area (Å²) in [6.45, 7) is 9.75. The summed E-state index contributed by atoms with van der Waals surface area (Å²) in [6, 6.07) is 11.0. The number of carbonyl (C=O) groups is 1. The first-order valence-electron chi connectivity index (χ1n) is 9.78. The zero-order valence-electron chi connectivity index (χ0n) is 17.8. The number of hydrogen-bond donors (Lipinski definition) is 0. The van der Waals surface area contributed by atoms with Gasteiger partial charge in [-0.15, -0.1) is 0 Å².